The summed E-state index contributed by atoms with van der Waals surface area (Å²) in [6.45, 7) is 2.28. The summed E-state index contributed by atoms with van der Waals surface area (Å²) in [5, 5.41) is 0.653. The standard InChI is InChI=1S/C13H13ClN2O/c1-9-12(3-2-6-16-9)17-13-5-4-11(14)7-10(13)8-15/h2-7H,8,15H2,1H3. The van der Waals surface area contributed by atoms with Gasteiger partial charge < -0.3 is 10.5 Å². The SMILES string of the molecule is Cc1ncccc1Oc1ccc(Cl)cc1CN. The van der Waals surface area contributed by atoms with E-state index < -0.39 is 0 Å². The largest absolute Gasteiger partial charge is 0.455 e. The second-order valence-corrected chi connectivity index (χ2v) is 4.08. The van der Waals surface area contributed by atoms with Crippen LogP contribution in [0.2, 0.25) is 5.02 Å². The minimum Gasteiger partial charge on any atom is -0.455 e. The van der Waals surface area contributed by atoms with Crippen molar-refractivity contribution in [1.29, 1.82) is 0 Å². The van der Waals surface area contributed by atoms with E-state index in [1.54, 1.807) is 12.3 Å². The van der Waals surface area contributed by atoms with Crippen LogP contribution in [0.4, 0.5) is 0 Å². The quantitative estimate of drug-likeness (QED) is 0.907. The molecule has 2 N–H and O–H groups in total. The number of hydrogen-bond donors (Lipinski definition) is 1. The second-order valence-electron chi connectivity index (χ2n) is 3.65. The lowest BCUT2D eigenvalue weighted by molar-refractivity contribution is 0.470. The highest BCUT2D eigenvalue weighted by Gasteiger charge is 2.06. The van der Waals surface area contributed by atoms with Crippen molar-refractivity contribution in [2.45, 2.75) is 13.5 Å². The van der Waals surface area contributed by atoms with Gasteiger partial charge in [0.2, 0.25) is 0 Å². The lowest BCUT2D eigenvalue weighted by atomic mass is 10.2. The van der Waals surface area contributed by atoms with Gasteiger partial charge in [-0.2, -0.15) is 0 Å². The average molecular weight is 249 g/mol. The van der Waals surface area contributed by atoms with E-state index in [9.17, 15) is 0 Å². The first-order valence-corrected chi connectivity index (χ1v) is 5.66. The molecule has 0 amide bonds. The number of hydrogen-bond acceptors (Lipinski definition) is 3. The van der Waals surface area contributed by atoms with Gasteiger partial charge in [-0.05, 0) is 37.3 Å². The van der Waals surface area contributed by atoms with Crippen LogP contribution in [-0.4, -0.2) is 4.98 Å². The first-order valence-electron chi connectivity index (χ1n) is 5.28. The zero-order valence-corrected chi connectivity index (χ0v) is 10.2. The molecule has 0 fully saturated rings. The molecule has 2 aromatic rings. The van der Waals surface area contributed by atoms with E-state index in [-0.39, 0.29) is 0 Å². The molecule has 0 saturated carbocycles. The van der Waals surface area contributed by atoms with Crippen LogP contribution in [0.15, 0.2) is 36.5 Å². The Kier molecular flexibility index (Phi) is 3.61. The number of pyridine rings is 1. The van der Waals surface area contributed by atoms with Gasteiger partial charge in [0.25, 0.3) is 0 Å². The van der Waals surface area contributed by atoms with Crippen molar-refractivity contribution in [1.82, 2.24) is 4.98 Å². The maximum absolute atomic E-state index is 5.91. The number of rotatable bonds is 3. The molecule has 3 nitrogen and oxygen atoms in total. The van der Waals surface area contributed by atoms with Gasteiger partial charge in [-0.3, -0.25) is 4.98 Å². The Morgan fingerprint density at radius 2 is 2.12 bits per heavy atom. The van der Waals surface area contributed by atoms with E-state index in [0.717, 1.165) is 17.0 Å². The fourth-order valence-electron chi connectivity index (χ4n) is 1.50. The van der Waals surface area contributed by atoms with Crippen molar-refractivity contribution in [3.05, 3.63) is 52.8 Å². The van der Waals surface area contributed by atoms with E-state index >= 15 is 0 Å². The molecule has 0 aliphatic heterocycles. The number of nitrogens with zero attached hydrogens (tertiary/aromatic N) is 1. The third kappa shape index (κ3) is 2.75. The highest BCUT2D eigenvalue weighted by Crippen LogP contribution is 2.28. The Morgan fingerprint density at radius 1 is 1.29 bits per heavy atom. The first kappa shape index (κ1) is 11.9. The van der Waals surface area contributed by atoms with Crippen LogP contribution in [0, 0.1) is 6.92 Å². The number of aryl methyl sites for hydroxylation is 1. The Hall–Kier alpha value is -1.58. The van der Waals surface area contributed by atoms with Gasteiger partial charge in [0.1, 0.15) is 11.5 Å². The molecular formula is C13H13ClN2O. The van der Waals surface area contributed by atoms with Gasteiger partial charge in [-0.15, -0.1) is 0 Å². The molecule has 0 spiro atoms. The van der Waals surface area contributed by atoms with Crippen molar-refractivity contribution < 1.29 is 4.74 Å². The summed E-state index contributed by atoms with van der Waals surface area (Å²) >= 11 is 5.91. The summed E-state index contributed by atoms with van der Waals surface area (Å²) in [6.07, 6.45) is 1.73. The Bertz CT molecular complexity index is 529. The van der Waals surface area contributed by atoms with Crippen LogP contribution in [0.1, 0.15) is 11.3 Å². The topological polar surface area (TPSA) is 48.1 Å². The molecule has 88 valence electrons. The van der Waals surface area contributed by atoms with Gasteiger partial charge in [-0.1, -0.05) is 11.6 Å². The molecule has 0 radical (unpaired) electrons. The van der Waals surface area contributed by atoms with E-state index in [0.29, 0.717) is 17.3 Å². The molecule has 1 aromatic heterocycles. The van der Waals surface area contributed by atoms with Gasteiger partial charge in [-0.25, -0.2) is 0 Å². The zero-order chi connectivity index (χ0) is 12.3. The van der Waals surface area contributed by atoms with E-state index in [1.807, 2.05) is 31.2 Å². The number of aromatic nitrogens is 1. The third-order valence-electron chi connectivity index (χ3n) is 2.42. The van der Waals surface area contributed by atoms with Crippen molar-refractivity contribution in [2.75, 3.05) is 0 Å². The minimum atomic E-state index is 0.384. The molecule has 1 heterocycles. The summed E-state index contributed by atoms with van der Waals surface area (Å²) in [4.78, 5) is 4.17. The number of halogens is 1. The van der Waals surface area contributed by atoms with Crippen molar-refractivity contribution in [3.63, 3.8) is 0 Å². The van der Waals surface area contributed by atoms with E-state index in [1.165, 1.54) is 0 Å². The predicted octanol–water partition coefficient (Wildman–Crippen LogP) is 3.29. The van der Waals surface area contributed by atoms with Crippen molar-refractivity contribution >= 4 is 11.6 Å². The summed E-state index contributed by atoms with van der Waals surface area (Å²) in [5.41, 5.74) is 7.37. The molecule has 2 rings (SSSR count). The maximum Gasteiger partial charge on any atom is 0.148 e. The number of ether oxygens (including phenoxy) is 1. The monoisotopic (exact) mass is 248 g/mol. The maximum atomic E-state index is 5.91. The van der Waals surface area contributed by atoms with E-state index in [2.05, 4.69) is 4.98 Å². The summed E-state index contributed by atoms with van der Waals surface area (Å²) in [7, 11) is 0. The van der Waals surface area contributed by atoms with Crippen LogP contribution in [0.25, 0.3) is 0 Å². The first-order chi connectivity index (χ1) is 8.20. The molecule has 0 unspecified atom stereocenters. The molecule has 0 aliphatic rings. The average Bonchev–Trinajstić information content (AvgIpc) is 2.34. The Morgan fingerprint density at radius 3 is 2.82 bits per heavy atom. The van der Waals surface area contributed by atoms with Crippen LogP contribution >= 0.6 is 11.6 Å². The molecule has 0 saturated heterocycles. The molecule has 0 aliphatic carbocycles. The van der Waals surface area contributed by atoms with Crippen LogP contribution in [-0.2, 0) is 6.54 Å². The lowest BCUT2D eigenvalue weighted by Crippen LogP contribution is -2.00. The highest BCUT2D eigenvalue weighted by molar-refractivity contribution is 6.30. The van der Waals surface area contributed by atoms with Gasteiger partial charge >= 0.3 is 0 Å². The summed E-state index contributed by atoms with van der Waals surface area (Å²) in [5.74, 6) is 1.44. The van der Waals surface area contributed by atoms with Gasteiger partial charge in [0.15, 0.2) is 0 Å². The highest BCUT2D eigenvalue weighted by atomic mass is 35.5. The van der Waals surface area contributed by atoms with Gasteiger partial charge in [0, 0.05) is 23.3 Å². The van der Waals surface area contributed by atoms with E-state index in [4.69, 9.17) is 22.1 Å². The fraction of sp³-hybridized carbons (Fsp3) is 0.154. The number of benzene rings is 1. The zero-order valence-electron chi connectivity index (χ0n) is 9.48. The van der Waals surface area contributed by atoms with Crippen LogP contribution in [0.5, 0.6) is 11.5 Å². The molecule has 0 bridgehead atoms. The molecular weight excluding hydrogens is 236 g/mol. The minimum absolute atomic E-state index is 0.384. The molecule has 17 heavy (non-hydrogen) atoms. The molecule has 4 heteroatoms. The molecule has 1 aromatic carbocycles. The Labute approximate surface area is 105 Å². The predicted molar refractivity (Wildman–Crippen MR) is 68.4 cm³/mol. The number of nitrogens with two attached hydrogens (primary N) is 1. The second kappa shape index (κ2) is 5.17. The van der Waals surface area contributed by atoms with Gasteiger partial charge in [0.05, 0.1) is 5.69 Å². The summed E-state index contributed by atoms with van der Waals surface area (Å²) in [6, 6.07) is 9.11. The summed E-state index contributed by atoms with van der Waals surface area (Å²) < 4.78 is 5.79. The van der Waals surface area contributed by atoms with Crippen molar-refractivity contribution in [3.8, 4) is 11.5 Å². The lowest BCUT2D eigenvalue weighted by Gasteiger charge is -2.11. The van der Waals surface area contributed by atoms with Crippen LogP contribution < -0.4 is 10.5 Å². The van der Waals surface area contributed by atoms with Crippen LogP contribution in [0.3, 0.4) is 0 Å². The smallest absolute Gasteiger partial charge is 0.148 e. The normalized spacial score (nSPS) is 10.3. The Balaban J connectivity index is 2.33. The van der Waals surface area contributed by atoms with Crippen molar-refractivity contribution in [2.24, 2.45) is 5.73 Å². The third-order valence-corrected chi connectivity index (χ3v) is 2.66. The fourth-order valence-corrected chi connectivity index (χ4v) is 1.70. The molecule has 0 atom stereocenters.